The fraction of sp³-hybridized carbons (Fsp3) is 0.152. The maximum atomic E-state index is 14.2. The Bertz CT molecular complexity index is 2020. The number of fused-ring (bicyclic) bond motifs is 1. The molecule has 8 nitrogen and oxygen atoms in total. The molecule has 0 fully saturated rings. The van der Waals surface area contributed by atoms with Gasteiger partial charge in [0.1, 0.15) is 11.5 Å². The first kappa shape index (κ1) is 36.4. The molecule has 0 unspecified atom stereocenters. The van der Waals surface area contributed by atoms with Crippen molar-refractivity contribution in [2.45, 2.75) is 19.3 Å². The topological polar surface area (TPSA) is 57.2 Å². The number of nitrogens with zero attached hydrogens (tertiary/aromatic N) is 8. The predicted molar refractivity (Wildman–Crippen MR) is 163 cm³/mol. The molecule has 1 radical (unpaired) electrons. The Morgan fingerprint density at radius 1 is 0.840 bits per heavy atom. The number of anilines is 2. The van der Waals surface area contributed by atoms with E-state index in [1.165, 1.54) is 11.3 Å². The second-order valence-electron chi connectivity index (χ2n) is 10.9. The standard InChI is InChI=1S/C18H9F5N4.C15H14F3N4.Ir/c1-9-14(25-26-16(9)18(21,22)23)17-24-15(13-4-2-3-7-27(13)17)11-6-5-10(19)8-12(11)20;1-19-3-5-21(10-19)13-7-12(15(16,17)18)8-14(9-13)22-6-4-20(2)11-22;/h2-5,7-8H,1H3;3-8,10-11H,1-2H3;/q-2;-3;. The molecule has 7 rings (SSSR count). The maximum Gasteiger partial charge on any atom is 0.431 e. The number of benzene rings is 2. The second kappa shape index (κ2) is 13.8. The minimum absolute atomic E-state index is 0. The van der Waals surface area contributed by atoms with Crippen LogP contribution < -0.4 is 14.9 Å². The summed E-state index contributed by atoms with van der Waals surface area (Å²) in [4.78, 5) is 11.0. The molecule has 17 heteroatoms. The molecule has 2 aromatic carbocycles. The van der Waals surface area contributed by atoms with E-state index in [9.17, 15) is 35.1 Å². The fourth-order valence-electron chi connectivity index (χ4n) is 5.03. The van der Waals surface area contributed by atoms with E-state index in [4.69, 9.17) is 0 Å². The number of halogens is 8. The van der Waals surface area contributed by atoms with Crippen molar-refractivity contribution >= 4 is 16.9 Å². The van der Waals surface area contributed by atoms with Gasteiger partial charge < -0.3 is 34.2 Å². The third kappa shape index (κ3) is 7.33. The Balaban J connectivity index is 0.000000195. The van der Waals surface area contributed by atoms with Crippen LogP contribution in [-0.2, 0) is 32.5 Å². The minimum Gasteiger partial charge on any atom is -0.572 e. The van der Waals surface area contributed by atoms with E-state index in [1.807, 2.05) is 0 Å². The molecule has 2 aliphatic rings. The molecule has 0 saturated carbocycles. The molecule has 0 amide bonds. The number of alkyl halides is 6. The summed E-state index contributed by atoms with van der Waals surface area (Å²) in [6.45, 7) is 4.61. The molecule has 0 saturated heterocycles. The largest absolute Gasteiger partial charge is 0.572 e. The van der Waals surface area contributed by atoms with Gasteiger partial charge in [0.15, 0.2) is 0 Å². The van der Waals surface area contributed by atoms with Crippen molar-refractivity contribution in [1.82, 2.24) is 29.4 Å². The zero-order valence-corrected chi connectivity index (χ0v) is 28.4. The second-order valence-corrected chi connectivity index (χ2v) is 10.9. The first-order valence-corrected chi connectivity index (χ1v) is 14.2. The molecule has 0 aliphatic carbocycles. The third-order valence-electron chi connectivity index (χ3n) is 7.35. The van der Waals surface area contributed by atoms with Crippen LogP contribution >= 0.6 is 0 Å². The van der Waals surface area contributed by atoms with Crippen LogP contribution in [0.3, 0.4) is 0 Å². The third-order valence-corrected chi connectivity index (χ3v) is 7.35. The van der Waals surface area contributed by atoms with E-state index in [1.54, 1.807) is 96.2 Å². The van der Waals surface area contributed by atoms with E-state index in [0.29, 0.717) is 23.0 Å². The first-order valence-electron chi connectivity index (χ1n) is 14.2. The molecule has 3 aromatic heterocycles. The van der Waals surface area contributed by atoms with Crippen LogP contribution in [0.4, 0.5) is 46.5 Å². The van der Waals surface area contributed by atoms with Gasteiger partial charge in [0.05, 0.1) is 0 Å². The molecule has 0 spiro atoms. The predicted octanol–water partition coefficient (Wildman–Crippen LogP) is 7.61. The van der Waals surface area contributed by atoms with Crippen LogP contribution in [0.1, 0.15) is 16.8 Å². The quantitative estimate of drug-likeness (QED) is 0.136. The van der Waals surface area contributed by atoms with Gasteiger partial charge in [-0.05, 0) is 63.5 Å². The SMILES string of the molecule is CN1C=CN(c2[c-]c(N3C=CN(C)[CH-]3)cc(C(F)(F)F)c2)[CH-]1.Cc1c(C(F)(F)F)n[n-]c1-c1nc(-c2[c-]cc(F)cc2F)c2ccccn12.[Ir]. The minimum atomic E-state index is -4.65. The van der Waals surface area contributed by atoms with E-state index in [-0.39, 0.29) is 48.4 Å². The molecular formula is C33H23F8IrN8-5. The number of imidazole rings is 1. The van der Waals surface area contributed by atoms with Crippen LogP contribution in [0, 0.1) is 44.0 Å². The van der Waals surface area contributed by atoms with E-state index >= 15 is 0 Å². The van der Waals surface area contributed by atoms with Crippen molar-refractivity contribution < 1.29 is 55.2 Å². The summed E-state index contributed by atoms with van der Waals surface area (Å²) in [6, 6.07) is 14.2. The number of pyridine rings is 1. The molecule has 0 N–H and O–H groups in total. The number of hydrogen-bond donors (Lipinski definition) is 0. The molecular weight excluding hydrogens is 853 g/mol. The molecule has 2 aliphatic heterocycles. The molecule has 5 aromatic rings. The maximum absolute atomic E-state index is 14.2. The summed E-state index contributed by atoms with van der Waals surface area (Å²) in [6.07, 6.45) is -0.626. The normalized spacial score (nSPS) is 14.5. The van der Waals surface area contributed by atoms with Crippen molar-refractivity contribution in [3.63, 3.8) is 0 Å². The average Bonchev–Trinajstić information content (AvgIpc) is 3.83. The van der Waals surface area contributed by atoms with Gasteiger partial charge in [0.2, 0.25) is 0 Å². The summed E-state index contributed by atoms with van der Waals surface area (Å²) in [5, 5.41) is 6.85. The number of hydrogen-bond acceptors (Lipinski definition) is 6. The monoisotopic (exact) mass is 876 g/mol. The Morgan fingerprint density at radius 3 is 1.96 bits per heavy atom. The van der Waals surface area contributed by atoms with Crippen molar-refractivity contribution in [2.24, 2.45) is 0 Å². The van der Waals surface area contributed by atoms with Crippen molar-refractivity contribution in [3.8, 4) is 22.8 Å². The van der Waals surface area contributed by atoms with Crippen molar-refractivity contribution in [1.29, 1.82) is 0 Å². The molecule has 265 valence electrons. The van der Waals surface area contributed by atoms with Crippen molar-refractivity contribution in [2.75, 3.05) is 23.9 Å². The van der Waals surface area contributed by atoms with Gasteiger partial charge in [0, 0.05) is 49.1 Å². The summed E-state index contributed by atoms with van der Waals surface area (Å²) in [5.74, 6) is -1.61. The summed E-state index contributed by atoms with van der Waals surface area (Å²) >= 11 is 0. The average molecular weight is 876 g/mol. The van der Waals surface area contributed by atoms with Crippen LogP contribution in [-0.4, -0.2) is 38.4 Å². The van der Waals surface area contributed by atoms with Crippen LogP contribution in [0.2, 0.25) is 0 Å². The van der Waals surface area contributed by atoms with Crippen LogP contribution in [0.5, 0.6) is 0 Å². The van der Waals surface area contributed by atoms with Crippen LogP contribution in [0.25, 0.3) is 28.3 Å². The summed E-state index contributed by atoms with van der Waals surface area (Å²) in [7, 11) is 3.61. The fourth-order valence-corrected chi connectivity index (χ4v) is 5.03. The molecule has 0 atom stereocenters. The van der Waals surface area contributed by atoms with Gasteiger partial charge in [-0.3, -0.25) is 13.8 Å². The smallest absolute Gasteiger partial charge is 0.431 e. The first-order chi connectivity index (χ1) is 23.1. The summed E-state index contributed by atoms with van der Waals surface area (Å²) < 4.78 is 107. The van der Waals surface area contributed by atoms with E-state index in [0.717, 1.165) is 18.2 Å². The van der Waals surface area contributed by atoms with E-state index in [2.05, 4.69) is 27.3 Å². The van der Waals surface area contributed by atoms with Gasteiger partial charge in [-0.2, -0.15) is 39.7 Å². The van der Waals surface area contributed by atoms with E-state index < -0.39 is 35.2 Å². The molecule has 0 bridgehead atoms. The van der Waals surface area contributed by atoms with Gasteiger partial charge >= 0.3 is 12.4 Å². The van der Waals surface area contributed by atoms with Gasteiger partial charge in [-0.15, -0.1) is 41.7 Å². The number of rotatable bonds is 4. The zero-order chi connectivity index (χ0) is 35.2. The zero-order valence-electron chi connectivity index (χ0n) is 26.0. The molecule has 5 heterocycles. The summed E-state index contributed by atoms with van der Waals surface area (Å²) in [5.41, 5.74) is -0.978. The van der Waals surface area contributed by atoms with Crippen LogP contribution in [0.15, 0.2) is 73.5 Å². The van der Waals surface area contributed by atoms with Crippen molar-refractivity contribution in [3.05, 3.63) is 127 Å². The van der Waals surface area contributed by atoms with Gasteiger partial charge in [0.25, 0.3) is 0 Å². The van der Waals surface area contributed by atoms with Gasteiger partial charge in [-0.1, -0.05) is 29.0 Å². The Hall–Kier alpha value is -4.89. The number of aromatic nitrogens is 4. The Morgan fingerprint density at radius 2 is 1.46 bits per heavy atom. The molecule has 50 heavy (non-hydrogen) atoms. The van der Waals surface area contributed by atoms with Gasteiger partial charge in [-0.25, -0.2) is 0 Å². The Kier molecular flexibility index (Phi) is 10.0. The Labute approximate surface area is 294 Å².